The Hall–Kier alpha value is -4.90. The van der Waals surface area contributed by atoms with Crippen LogP contribution in [0.1, 0.15) is 60.4 Å². The van der Waals surface area contributed by atoms with Gasteiger partial charge in [0.15, 0.2) is 23.2 Å². The van der Waals surface area contributed by atoms with Crippen molar-refractivity contribution >= 4 is 50.9 Å². The summed E-state index contributed by atoms with van der Waals surface area (Å²) in [5, 5.41) is 3.57. The van der Waals surface area contributed by atoms with Crippen LogP contribution in [0.5, 0.6) is 5.75 Å². The van der Waals surface area contributed by atoms with Gasteiger partial charge in [-0.25, -0.2) is 0 Å². The van der Waals surface area contributed by atoms with Crippen molar-refractivity contribution in [3.8, 4) is 17.1 Å². The molecule has 5 aromatic carbocycles. The summed E-state index contributed by atoms with van der Waals surface area (Å²) >= 11 is 0. The van der Waals surface area contributed by atoms with Crippen LogP contribution in [0.2, 0.25) is 0 Å². The van der Waals surface area contributed by atoms with Crippen LogP contribution < -0.4 is 31.4 Å². The van der Waals surface area contributed by atoms with Crippen LogP contribution in [0.3, 0.4) is 0 Å². The predicted molar refractivity (Wildman–Crippen MR) is 185 cm³/mol. The Morgan fingerprint density at radius 1 is 0.844 bits per heavy atom. The van der Waals surface area contributed by atoms with Gasteiger partial charge in [0.25, 0.3) is 6.71 Å². The molecule has 1 aliphatic carbocycles. The van der Waals surface area contributed by atoms with Gasteiger partial charge in [-0.15, -0.1) is 0 Å². The second kappa shape index (κ2) is 8.85. The van der Waals surface area contributed by atoms with Gasteiger partial charge in [-0.1, -0.05) is 98.5 Å². The van der Waals surface area contributed by atoms with Crippen molar-refractivity contribution in [2.75, 3.05) is 0 Å². The zero-order chi connectivity index (χ0) is 30.9. The third-order valence-corrected chi connectivity index (χ3v) is 10.4. The lowest BCUT2D eigenvalue weighted by Gasteiger charge is -2.32. The molecule has 0 bridgehead atoms. The molecular weight excluding hydrogens is 551 g/mol. The molecule has 0 radical (unpaired) electrons. The number of nitrogens with zero attached hydrogens (tertiary/aromatic N) is 2. The van der Waals surface area contributed by atoms with E-state index in [0.717, 1.165) is 61.3 Å². The van der Waals surface area contributed by atoms with Crippen molar-refractivity contribution in [2.24, 2.45) is 0 Å². The molecule has 0 fully saturated rings. The molecule has 3 aliphatic rings. The van der Waals surface area contributed by atoms with Gasteiger partial charge >= 0.3 is 5.69 Å². The number of fused-ring (bicyclic) bond motifs is 5. The highest BCUT2D eigenvalue weighted by atomic mass is 16.5. The Bertz CT molecular complexity index is 2410. The largest absolute Gasteiger partial charge is 0.509 e. The summed E-state index contributed by atoms with van der Waals surface area (Å²) in [6, 6.07) is 28.6. The first-order valence-corrected chi connectivity index (χ1v) is 15.9. The number of hydrogen-bond acceptors (Lipinski definition) is 2. The smallest absolute Gasteiger partial charge is 0.473 e. The normalized spacial score (nSPS) is 15.7. The Balaban J connectivity index is 1.50. The van der Waals surface area contributed by atoms with E-state index in [4.69, 9.17) is 4.74 Å². The van der Waals surface area contributed by atoms with E-state index in [1.165, 1.54) is 27.4 Å². The molecule has 45 heavy (non-hydrogen) atoms. The van der Waals surface area contributed by atoms with E-state index in [1.54, 1.807) is 0 Å². The Labute approximate surface area is 263 Å². The molecule has 0 spiro atoms. The van der Waals surface area contributed by atoms with E-state index in [-0.39, 0.29) is 23.9 Å². The van der Waals surface area contributed by atoms with Crippen LogP contribution in [0.25, 0.3) is 39.1 Å². The van der Waals surface area contributed by atoms with Gasteiger partial charge in [0.1, 0.15) is 11.2 Å². The average Bonchev–Trinajstić information content (AvgIpc) is 3.02. The van der Waals surface area contributed by atoms with Gasteiger partial charge in [0.2, 0.25) is 0 Å². The number of aryl methyl sites for hydroxylation is 3. The van der Waals surface area contributed by atoms with Crippen LogP contribution >= 0.6 is 0 Å². The van der Waals surface area contributed by atoms with Crippen molar-refractivity contribution in [1.29, 1.82) is 0 Å². The van der Waals surface area contributed by atoms with E-state index in [2.05, 4.69) is 133 Å². The molecular formula is C40H34BN2O2+. The number of benzene rings is 5. The van der Waals surface area contributed by atoms with Crippen molar-refractivity contribution in [2.45, 2.75) is 53.1 Å². The summed E-state index contributed by atoms with van der Waals surface area (Å²) in [6.45, 7) is 13.1. The first-order valence-electron chi connectivity index (χ1n) is 15.9. The zero-order valence-electron chi connectivity index (χ0n) is 26.5. The predicted octanol–water partition coefficient (Wildman–Crippen LogP) is 5.93. The van der Waals surface area contributed by atoms with Gasteiger partial charge in [-0.2, -0.15) is 13.9 Å². The van der Waals surface area contributed by atoms with Gasteiger partial charge in [-0.3, -0.25) is 0 Å². The van der Waals surface area contributed by atoms with Crippen molar-refractivity contribution in [3.63, 3.8) is 0 Å². The summed E-state index contributed by atoms with van der Waals surface area (Å²) in [7, 11) is 0. The van der Waals surface area contributed by atoms with Crippen LogP contribution in [0.4, 0.5) is 0 Å². The number of rotatable bonds is 1. The third kappa shape index (κ3) is 3.50. The molecule has 0 amide bonds. The molecule has 1 unspecified atom stereocenters. The highest BCUT2D eigenvalue weighted by Crippen LogP contribution is 2.42. The summed E-state index contributed by atoms with van der Waals surface area (Å²) in [5.41, 5.74) is 13.0. The summed E-state index contributed by atoms with van der Waals surface area (Å²) in [5.74, 6) is 0.748. The van der Waals surface area contributed by atoms with Gasteiger partial charge in [0.05, 0.1) is 5.39 Å². The maximum absolute atomic E-state index is 15.2. The summed E-state index contributed by atoms with van der Waals surface area (Å²) in [6.07, 6.45) is 3.92. The maximum atomic E-state index is 15.2. The molecule has 4 nitrogen and oxygen atoms in total. The minimum atomic E-state index is -0.343. The second-order valence-electron chi connectivity index (χ2n) is 14.1. The van der Waals surface area contributed by atoms with Gasteiger partial charge in [-0.05, 0) is 94.4 Å². The highest BCUT2D eigenvalue weighted by Gasteiger charge is 2.45. The third-order valence-electron chi connectivity index (χ3n) is 10.4. The van der Waals surface area contributed by atoms with Crippen LogP contribution in [-0.2, 0) is 5.41 Å². The van der Waals surface area contributed by atoms with E-state index >= 15 is 4.79 Å². The fraction of sp³-hybridized carbons (Fsp3) is 0.200. The Morgan fingerprint density at radius 3 is 2.44 bits per heavy atom. The quantitative estimate of drug-likeness (QED) is 0.177. The molecule has 218 valence electrons. The van der Waals surface area contributed by atoms with E-state index in [0.29, 0.717) is 0 Å². The molecule has 2 aliphatic heterocycles. The molecule has 3 heterocycles. The summed E-state index contributed by atoms with van der Waals surface area (Å²) in [4.78, 5) is 15.2. The molecule has 0 N–H and O–H groups in total. The SMILES string of the molecule is Cc1cc2c(cc1C)-n1c3c4c(ccc5c4[n+](c1=O)-c1cc(C(C)(C)C)ccc1B5c1c(C)ccc4ccccc14)C=CC3O2. The van der Waals surface area contributed by atoms with Gasteiger partial charge < -0.3 is 4.74 Å². The van der Waals surface area contributed by atoms with Gasteiger partial charge in [0, 0.05) is 0 Å². The van der Waals surface area contributed by atoms with Crippen LogP contribution in [0, 0.1) is 20.8 Å². The molecule has 6 aromatic rings. The lowest BCUT2D eigenvalue weighted by Crippen LogP contribution is -2.68. The number of ether oxygens (including phenoxy) is 1. The maximum Gasteiger partial charge on any atom is 0.509 e. The zero-order valence-corrected chi connectivity index (χ0v) is 26.5. The highest BCUT2D eigenvalue weighted by molar-refractivity contribution is 6.99. The molecule has 0 saturated heterocycles. The molecule has 0 saturated carbocycles. The standard InChI is InChI=1S/C40H34BN2O2/c1-22-11-12-25-9-7-8-10-28(25)36(22)41-29-17-15-27(40(4,5)6)21-31(29)42-37-30(41)16-13-26-14-18-33-38(35(26)37)43(39(42)44)32-19-23(2)24(3)20-34(32)45-33/h7-21,33H,1-6H3/q+1. The molecule has 9 rings (SSSR count). The fourth-order valence-corrected chi connectivity index (χ4v) is 7.91. The Morgan fingerprint density at radius 2 is 1.62 bits per heavy atom. The minimum absolute atomic E-state index is 0.0392. The minimum Gasteiger partial charge on any atom is -0.473 e. The monoisotopic (exact) mass is 585 g/mol. The molecule has 1 aromatic heterocycles. The number of hydrogen-bond donors (Lipinski definition) is 0. The first-order chi connectivity index (χ1) is 21.6. The Kier molecular flexibility index (Phi) is 5.21. The molecule has 5 heteroatoms. The second-order valence-corrected chi connectivity index (χ2v) is 14.1. The van der Waals surface area contributed by atoms with Crippen LogP contribution in [-0.4, -0.2) is 11.3 Å². The van der Waals surface area contributed by atoms with Crippen molar-refractivity contribution < 1.29 is 9.30 Å². The van der Waals surface area contributed by atoms with Crippen LogP contribution in [0.15, 0.2) is 89.7 Å². The topological polar surface area (TPSA) is 35.1 Å². The van der Waals surface area contributed by atoms with Crippen molar-refractivity contribution in [3.05, 3.63) is 129 Å². The lowest BCUT2D eigenvalue weighted by atomic mass is 9.34. The lowest BCUT2D eigenvalue weighted by molar-refractivity contribution is -0.587. The van der Waals surface area contributed by atoms with E-state index in [1.807, 2.05) is 9.13 Å². The number of aromatic nitrogens is 2. The first kappa shape index (κ1) is 26.5. The van der Waals surface area contributed by atoms with E-state index in [9.17, 15) is 0 Å². The molecule has 1 atom stereocenters. The van der Waals surface area contributed by atoms with Crippen molar-refractivity contribution in [1.82, 2.24) is 4.57 Å². The fourth-order valence-electron chi connectivity index (χ4n) is 7.91. The summed E-state index contributed by atoms with van der Waals surface area (Å²) < 4.78 is 10.6. The average molecular weight is 586 g/mol. The van der Waals surface area contributed by atoms with E-state index < -0.39 is 0 Å².